The Balaban J connectivity index is 1.53. The number of nitrogens with zero attached hydrogens (tertiary/aromatic N) is 1. The Morgan fingerprint density at radius 3 is 2.02 bits per heavy atom. The number of ether oxygens (including phenoxy) is 2. The predicted molar refractivity (Wildman–Crippen MR) is 192 cm³/mol. The molecule has 46 heavy (non-hydrogen) atoms. The van der Waals surface area contributed by atoms with E-state index in [0.29, 0.717) is 11.8 Å². The Morgan fingerprint density at radius 1 is 0.783 bits per heavy atom. The molecule has 3 aromatic rings. The molecule has 1 aliphatic carbocycles. The summed E-state index contributed by atoms with van der Waals surface area (Å²) in [5.41, 5.74) is 15.8. The fraction of sp³-hybridized carbons (Fsp3) is 0.535. The van der Waals surface area contributed by atoms with Gasteiger partial charge in [0.1, 0.15) is 0 Å². The molecule has 1 fully saturated rings. The first-order chi connectivity index (χ1) is 21.5. The van der Waals surface area contributed by atoms with Crippen molar-refractivity contribution in [3.8, 4) is 11.1 Å². The number of hydrogen-bond donors (Lipinski definition) is 0. The molecule has 0 saturated carbocycles. The number of hydrogen-bond acceptors (Lipinski definition) is 3. The van der Waals surface area contributed by atoms with Crippen molar-refractivity contribution < 1.29 is 9.47 Å². The highest BCUT2D eigenvalue weighted by Crippen LogP contribution is 2.62. The smallest absolute Gasteiger partial charge is 0.282 e. The Hall–Kier alpha value is -2.88. The molecule has 4 aliphatic rings. The first-order valence-corrected chi connectivity index (χ1v) is 17.8. The molecule has 1 saturated heterocycles. The van der Waals surface area contributed by atoms with Crippen molar-refractivity contribution in [2.45, 2.75) is 132 Å². The van der Waals surface area contributed by atoms with E-state index in [9.17, 15) is 0 Å². The molecule has 0 N–H and O–H groups in total. The van der Waals surface area contributed by atoms with Crippen molar-refractivity contribution in [2.75, 3.05) is 4.90 Å². The number of aryl methyl sites for hydroxylation is 3. The Morgan fingerprint density at radius 2 is 1.41 bits per heavy atom. The van der Waals surface area contributed by atoms with Crippen LogP contribution in [0.1, 0.15) is 132 Å². The predicted octanol–water partition coefficient (Wildman–Crippen LogP) is 11.3. The number of fused-ring (bicyclic) bond motifs is 10. The second-order valence-electron chi connectivity index (χ2n) is 17.3. The lowest BCUT2D eigenvalue weighted by atomic mass is 9.76. The first kappa shape index (κ1) is 31.7. The van der Waals surface area contributed by atoms with E-state index in [1.165, 1.54) is 66.9 Å². The van der Waals surface area contributed by atoms with Crippen LogP contribution in [0.15, 0.2) is 48.5 Å². The molecule has 0 bridgehead atoms. The topological polar surface area (TPSA) is 21.7 Å². The van der Waals surface area contributed by atoms with Crippen LogP contribution < -0.4 is 4.90 Å². The van der Waals surface area contributed by atoms with Gasteiger partial charge in [-0.2, -0.15) is 0 Å². The summed E-state index contributed by atoms with van der Waals surface area (Å²) in [7, 11) is 0. The highest BCUT2D eigenvalue weighted by molar-refractivity contribution is 5.92. The van der Waals surface area contributed by atoms with Gasteiger partial charge < -0.3 is 14.4 Å². The van der Waals surface area contributed by atoms with Crippen LogP contribution in [0.3, 0.4) is 0 Å². The van der Waals surface area contributed by atoms with Crippen LogP contribution >= 0.6 is 0 Å². The third kappa shape index (κ3) is 4.74. The molecule has 0 radical (unpaired) electrons. The van der Waals surface area contributed by atoms with E-state index in [-0.39, 0.29) is 29.1 Å². The molecule has 3 nitrogen and oxygen atoms in total. The van der Waals surface area contributed by atoms with E-state index < -0.39 is 5.91 Å². The summed E-state index contributed by atoms with van der Waals surface area (Å²) in [4.78, 5) is 2.57. The van der Waals surface area contributed by atoms with Crippen LogP contribution in [0.5, 0.6) is 0 Å². The zero-order chi connectivity index (χ0) is 33.1. The van der Waals surface area contributed by atoms with Crippen molar-refractivity contribution in [2.24, 2.45) is 17.3 Å². The third-order valence-electron chi connectivity index (χ3n) is 11.0. The van der Waals surface area contributed by atoms with E-state index in [4.69, 9.17) is 9.47 Å². The molecule has 1 spiro atoms. The molecular weight excluding hydrogens is 562 g/mol. The summed E-state index contributed by atoms with van der Waals surface area (Å²) in [6.45, 7) is 27.9. The Kier molecular flexibility index (Phi) is 7.28. The minimum absolute atomic E-state index is 0.0278. The van der Waals surface area contributed by atoms with Crippen LogP contribution in [-0.4, -0.2) is 12.2 Å². The van der Waals surface area contributed by atoms with Crippen LogP contribution in [0.2, 0.25) is 0 Å². The highest BCUT2D eigenvalue weighted by Gasteiger charge is 2.60. The molecular formula is C43H55NO2. The van der Waals surface area contributed by atoms with Crippen molar-refractivity contribution in [3.63, 3.8) is 0 Å². The molecule has 3 heteroatoms. The fourth-order valence-corrected chi connectivity index (χ4v) is 9.22. The van der Waals surface area contributed by atoms with Gasteiger partial charge >= 0.3 is 0 Å². The summed E-state index contributed by atoms with van der Waals surface area (Å²) >= 11 is 0. The molecule has 3 heterocycles. The molecule has 7 rings (SSSR count). The second kappa shape index (κ2) is 10.6. The zero-order valence-corrected chi connectivity index (χ0v) is 30.4. The SMILES string of the molecule is Cc1cc(C)c2c(c1)C1C=C(C(C)(C)C)c3cc4c(cc3N1C21OC(CC(C)C)CC(CC(C)C)O1)C(C)(C)c1cc(C)ccc1-4. The van der Waals surface area contributed by atoms with E-state index in [0.717, 1.165) is 19.3 Å². The quantitative estimate of drug-likeness (QED) is 0.291. The summed E-state index contributed by atoms with van der Waals surface area (Å²) in [5.74, 6) is 0.106. The lowest BCUT2D eigenvalue weighted by Gasteiger charge is -2.51. The maximum absolute atomic E-state index is 7.48. The van der Waals surface area contributed by atoms with Crippen molar-refractivity contribution >= 4 is 11.3 Å². The first-order valence-electron chi connectivity index (χ1n) is 17.8. The van der Waals surface area contributed by atoms with Crippen LogP contribution in [0.4, 0.5) is 5.69 Å². The number of allylic oxidation sites excluding steroid dienone is 1. The van der Waals surface area contributed by atoms with Gasteiger partial charge in [-0.15, -0.1) is 0 Å². The lowest BCUT2D eigenvalue weighted by Crippen LogP contribution is -2.56. The maximum Gasteiger partial charge on any atom is 0.282 e. The van der Waals surface area contributed by atoms with Crippen molar-refractivity contribution in [3.05, 3.63) is 93.0 Å². The monoisotopic (exact) mass is 617 g/mol. The third-order valence-corrected chi connectivity index (χ3v) is 11.0. The molecule has 244 valence electrons. The van der Waals surface area contributed by atoms with Crippen molar-refractivity contribution in [1.29, 1.82) is 0 Å². The van der Waals surface area contributed by atoms with Gasteiger partial charge in [0.2, 0.25) is 0 Å². The van der Waals surface area contributed by atoms with Crippen molar-refractivity contribution in [1.82, 2.24) is 0 Å². The van der Waals surface area contributed by atoms with Gasteiger partial charge in [-0.25, -0.2) is 0 Å². The van der Waals surface area contributed by atoms with Gasteiger partial charge in [0.05, 0.1) is 23.9 Å². The largest absolute Gasteiger partial charge is 0.325 e. The van der Waals surface area contributed by atoms with E-state index in [2.05, 4.69) is 137 Å². The molecule has 3 aliphatic heterocycles. The number of rotatable bonds is 4. The average molecular weight is 618 g/mol. The standard InChI is InChI=1S/C43H55NO2/c1-24(2)15-29-20-30(16-25(3)4)46-43(45-29)40-28(7)17-27(6)18-34(40)39-22-35(41(8,9)10)33-21-32-31-14-13-26(5)19-36(31)42(11,12)37(32)23-38(33)44(39)43/h13-14,17-19,21-25,29-30,39H,15-16,20H2,1-12H3. The van der Waals surface area contributed by atoms with Gasteiger partial charge in [-0.3, -0.25) is 0 Å². The zero-order valence-electron chi connectivity index (χ0n) is 30.4. The summed E-state index contributed by atoms with van der Waals surface area (Å²) in [5, 5.41) is 0. The van der Waals surface area contributed by atoms with Crippen LogP contribution in [-0.2, 0) is 20.8 Å². The van der Waals surface area contributed by atoms with E-state index >= 15 is 0 Å². The van der Waals surface area contributed by atoms with Gasteiger partial charge in [-0.1, -0.05) is 110 Å². The number of benzene rings is 3. The average Bonchev–Trinajstić information content (AvgIpc) is 3.30. The molecule has 0 aromatic heterocycles. The maximum atomic E-state index is 7.48. The fourth-order valence-electron chi connectivity index (χ4n) is 9.22. The second-order valence-corrected chi connectivity index (χ2v) is 17.3. The van der Waals surface area contributed by atoms with Crippen LogP contribution in [0.25, 0.3) is 16.7 Å². The lowest BCUT2D eigenvalue weighted by molar-refractivity contribution is -0.328. The number of anilines is 1. The summed E-state index contributed by atoms with van der Waals surface area (Å²) in [6.07, 6.45) is 5.80. The minimum Gasteiger partial charge on any atom is -0.325 e. The van der Waals surface area contributed by atoms with Gasteiger partial charge in [-0.05, 0) is 102 Å². The van der Waals surface area contributed by atoms with Gasteiger partial charge in [0.15, 0.2) is 0 Å². The molecule has 3 aromatic carbocycles. The van der Waals surface area contributed by atoms with E-state index in [1.807, 2.05) is 0 Å². The minimum atomic E-state index is -0.982. The summed E-state index contributed by atoms with van der Waals surface area (Å²) < 4.78 is 15.0. The molecule has 3 atom stereocenters. The molecule has 0 amide bonds. The van der Waals surface area contributed by atoms with E-state index in [1.54, 1.807) is 0 Å². The molecule has 3 unspecified atom stereocenters. The summed E-state index contributed by atoms with van der Waals surface area (Å²) in [6, 6.07) is 16.8. The Labute approximate surface area is 278 Å². The van der Waals surface area contributed by atoms with Crippen LogP contribution in [0, 0.1) is 38.0 Å². The van der Waals surface area contributed by atoms with Gasteiger partial charge in [0, 0.05) is 23.0 Å². The normalized spacial score (nSPS) is 25.8. The highest BCUT2D eigenvalue weighted by atomic mass is 16.7. The van der Waals surface area contributed by atoms with Gasteiger partial charge in [0.25, 0.3) is 5.91 Å². The Bertz CT molecular complexity index is 1730.